The molecule has 7 nitrogen and oxygen atoms in total. The van der Waals surface area contributed by atoms with Crippen LogP contribution in [0.4, 0.5) is 15.9 Å². The summed E-state index contributed by atoms with van der Waals surface area (Å²) in [5.74, 6) is 0.0245. The summed E-state index contributed by atoms with van der Waals surface area (Å²) < 4.78 is 13.5. The van der Waals surface area contributed by atoms with Gasteiger partial charge in [-0.1, -0.05) is 23.7 Å². The second-order valence-electron chi connectivity index (χ2n) is 7.66. The van der Waals surface area contributed by atoms with Gasteiger partial charge in [0.15, 0.2) is 5.82 Å². The summed E-state index contributed by atoms with van der Waals surface area (Å²) in [6, 6.07) is 15.5. The van der Waals surface area contributed by atoms with Crippen molar-refractivity contribution in [2.24, 2.45) is 0 Å². The largest absolute Gasteiger partial charge is 0.338 e. The zero-order valence-corrected chi connectivity index (χ0v) is 18.3. The van der Waals surface area contributed by atoms with Crippen LogP contribution in [0.25, 0.3) is 22.3 Å². The average Bonchev–Trinajstić information content (AvgIpc) is 2.86. The molecule has 1 saturated heterocycles. The molecule has 0 atom stereocenters. The summed E-state index contributed by atoms with van der Waals surface area (Å²) >= 11 is 5.89. The fraction of sp³-hybridized carbons (Fsp3) is 0.167. The Morgan fingerprint density at radius 3 is 2.58 bits per heavy atom. The van der Waals surface area contributed by atoms with Gasteiger partial charge in [-0.25, -0.2) is 19.3 Å². The normalized spacial score (nSPS) is 13.8. The summed E-state index contributed by atoms with van der Waals surface area (Å²) in [4.78, 5) is 27.9. The minimum Gasteiger partial charge on any atom is -0.338 e. The van der Waals surface area contributed by atoms with E-state index in [9.17, 15) is 9.18 Å². The maximum absolute atomic E-state index is 13.5. The fourth-order valence-corrected chi connectivity index (χ4v) is 3.92. The van der Waals surface area contributed by atoms with E-state index in [-0.39, 0.29) is 10.9 Å². The van der Waals surface area contributed by atoms with Gasteiger partial charge in [0.1, 0.15) is 17.7 Å². The van der Waals surface area contributed by atoms with E-state index in [0.717, 1.165) is 24.3 Å². The minimum atomic E-state index is -0.492. The van der Waals surface area contributed by atoms with E-state index < -0.39 is 5.82 Å². The molecule has 0 saturated carbocycles. The first-order chi connectivity index (χ1) is 16.1. The van der Waals surface area contributed by atoms with Crippen molar-refractivity contribution < 1.29 is 9.18 Å². The number of rotatable bonds is 4. The van der Waals surface area contributed by atoms with Crippen LogP contribution in [0.3, 0.4) is 0 Å². The Morgan fingerprint density at radius 2 is 1.82 bits per heavy atom. The predicted molar refractivity (Wildman–Crippen MR) is 126 cm³/mol. The molecule has 2 N–H and O–H groups in total. The molecule has 0 spiro atoms. The topological polar surface area (TPSA) is 83.0 Å². The molecule has 4 aromatic rings. The molecule has 0 bridgehead atoms. The van der Waals surface area contributed by atoms with Gasteiger partial charge < -0.3 is 15.5 Å². The third-order valence-electron chi connectivity index (χ3n) is 5.50. The summed E-state index contributed by atoms with van der Waals surface area (Å²) in [7, 11) is 0. The quantitative estimate of drug-likeness (QED) is 0.471. The number of aromatic nitrogens is 3. The van der Waals surface area contributed by atoms with E-state index in [1.807, 2.05) is 41.3 Å². The van der Waals surface area contributed by atoms with Crippen molar-refractivity contribution in [2.75, 3.05) is 31.5 Å². The van der Waals surface area contributed by atoms with Gasteiger partial charge in [0.05, 0.1) is 16.2 Å². The second-order valence-corrected chi connectivity index (χ2v) is 8.07. The first-order valence-electron chi connectivity index (χ1n) is 10.5. The van der Waals surface area contributed by atoms with Crippen LogP contribution >= 0.6 is 11.6 Å². The van der Waals surface area contributed by atoms with Crippen LogP contribution in [0.5, 0.6) is 0 Å². The summed E-state index contributed by atoms with van der Waals surface area (Å²) in [5, 5.41) is 6.40. The van der Waals surface area contributed by atoms with Crippen LogP contribution < -0.4 is 10.6 Å². The third-order valence-corrected chi connectivity index (χ3v) is 5.79. The molecule has 166 valence electrons. The number of piperazine rings is 1. The van der Waals surface area contributed by atoms with Crippen LogP contribution in [-0.4, -0.2) is 51.9 Å². The van der Waals surface area contributed by atoms with Gasteiger partial charge in [-0.05, 0) is 42.5 Å². The van der Waals surface area contributed by atoms with E-state index in [1.54, 1.807) is 6.07 Å². The van der Waals surface area contributed by atoms with E-state index in [2.05, 4.69) is 20.6 Å². The standard InChI is InChI=1S/C24H20ClFN6O/c25-18-13-17(5-6-19(18)26)30-23-22-21(28-14-29-23)8-7-20(31-22)15-1-3-16(4-2-15)24(33)32-11-9-27-10-12-32/h1-8,13-14,27H,9-12H2,(H,28,29,30). The predicted octanol–water partition coefficient (Wildman–Crippen LogP) is 4.27. The van der Waals surface area contributed by atoms with E-state index >= 15 is 0 Å². The molecular formula is C24H20ClFN6O. The number of nitrogens with one attached hydrogen (secondary N) is 2. The Morgan fingerprint density at radius 1 is 1.03 bits per heavy atom. The average molecular weight is 463 g/mol. The van der Waals surface area contributed by atoms with Crippen LogP contribution in [0, 0.1) is 5.82 Å². The molecule has 1 aliphatic heterocycles. The number of hydrogen-bond acceptors (Lipinski definition) is 6. The third kappa shape index (κ3) is 4.48. The zero-order valence-electron chi connectivity index (χ0n) is 17.6. The Balaban J connectivity index is 1.43. The van der Waals surface area contributed by atoms with Gasteiger partial charge in [0.2, 0.25) is 0 Å². The number of nitrogens with zero attached hydrogens (tertiary/aromatic N) is 4. The number of amides is 1. The molecule has 2 aromatic heterocycles. The van der Waals surface area contributed by atoms with Crippen LogP contribution in [0.1, 0.15) is 10.4 Å². The molecule has 9 heteroatoms. The lowest BCUT2D eigenvalue weighted by molar-refractivity contribution is 0.0736. The van der Waals surface area contributed by atoms with E-state index in [1.165, 1.54) is 18.5 Å². The maximum atomic E-state index is 13.5. The van der Waals surface area contributed by atoms with Crippen molar-refractivity contribution in [3.8, 4) is 11.3 Å². The van der Waals surface area contributed by atoms with Gasteiger partial charge in [-0.3, -0.25) is 4.79 Å². The summed E-state index contributed by atoms with van der Waals surface area (Å²) in [6.07, 6.45) is 1.44. The highest BCUT2D eigenvalue weighted by Crippen LogP contribution is 2.27. The molecule has 1 fully saturated rings. The Kier molecular flexibility index (Phi) is 5.85. The van der Waals surface area contributed by atoms with Crippen molar-refractivity contribution in [3.63, 3.8) is 0 Å². The Labute approximate surface area is 194 Å². The smallest absolute Gasteiger partial charge is 0.253 e. The second kappa shape index (κ2) is 9.09. The van der Waals surface area contributed by atoms with Crippen molar-refractivity contribution in [1.82, 2.24) is 25.2 Å². The molecular weight excluding hydrogens is 443 g/mol. The number of pyridine rings is 1. The highest BCUT2D eigenvalue weighted by molar-refractivity contribution is 6.31. The summed E-state index contributed by atoms with van der Waals surface area (Å²) in [5.41, 5.74) is 4.06. The van der Waals surface area contributed by atoms with Gasteiger partial charge in [0.25, 0.3) is 5.91 Å². The minimum absolute atomic E-state index is 0.0162. The van der Waals surface area contributed by atoms with E-state index in [4.69, 9.17) is 16.6 Å². The molecule has 0 unspecified atom stereocenters. The van der Waals surface area contributed by atoms with Crippen molar-refractivity contribution >= 4 is 40.0 Å². The molecule has 1 amide bonds. The molecule has 3 heterocycles. The van der Waals surface area contributed by atoms with E-state index in [0.29, 0.717) is 41.2 Å². The number of halogens is 2. The van der Waals surface area contributed by atoms with Gasteiger partial charge in [-0.15, -0.1) is 0 Å². The van der Waals surface area contributed by atoms with Crippen LogP contribution in [-0.2, 0) is 0 Å². The zero-order chi connectivity index (χ0) is 22.8. The van der Waals surface area contributed by atoms with Crippen molar-refractivity contribution in [3.05, 3.63) is 77.3 Å². The first-order valence-corrected chi connectivity index (χ1v) is 10.9. The molecule has 2 aromatic carbocycles. The lowest BCUT2D eigenvalue weighted by Crippen LogP contribution is -2.46. The Hall–Kier alpha value is -3.62. The maximum Gasteiger partial charge on any atom is 0.253 e. The monoisotopic (exact) mass is 462 g/mol. The van der Waals surface area contributed by atoms with Crippen molar-refractivity contribution in [1.29, 1.82) is 0 Å². The SMILES string of the molecule is O=C(c1ccc(-c2ccc3ncnc(Nc4ccc(F)c(Cl)c4)c3n2)cc1)N1CCNCC1. The van der Waals surface area contributed by atoms with Gasteiger partial charge in [0, 0.05) is 43.0 Å². The van der Waals surface area contributed by atoms with Crippen molar-refractivity contribution in [2.45, 2.75) is 0 Å². The highest BCUT2D eigenvalue weighted by atomic mass is 35.5. The number of benzene rings is 2. The van der Waals surface area contributed by atoms with Gasteiger partial charge >= 0.3 is 0 Å². The summed E-state index contributed by atoms with van der Waals surface area (Å²) in [6.45, 7) is 3.05. The fourth-order valence-electron chi connectivity index (χ4n) is 3.74. The van der Waals surface area contributed by atoms with Gasteiger partial charge in [-0.2, -0.15) is 0 Å². The lowest BCUT2D eigenvalue weighted by Gasteiger charge is -2.27. The highest BCUT2D eigenvalue weighted by Gasteiger charge is 2.18. The number of carbonyl (C=O) groups is 1. The molecule has 5 rings (SSSR count). The Bertz CT molecular complexity index is 1320. The number of fused-ring (bicyclic) bond motifs is 1. The molecule has 1 aliphatic rings. The number of hydrogen-bond donors (Lipinski definition) is 2. The number of anilines is 2. The first kappa shape index (κ1) is 21.2. The molecule has 0 aliphatic carbocycles. The van der Waals surface area contributed by atoms with Crippen LogP contribution in [0.2, 0.25) is 5.02 Å². The number of carbonyl (C=O) groups excluding carboxylic acids is 1. The van der Waals surface area contributed by atoms with Crippen LogP contribution in [0.15, 0.2) is 60.9 Å². The molecule has 33 heavy (non-hydrogen) atoms. The molecule has 0 radical (unpaired) electrons. The lowest BCUT2D eigenvalue weighted by atomic mass is 10.1.